The SMILES string of the molecule is CC(=O)Oc1c(C(=O)c2ccc(Cl)cc2)[nH]c2ccc(C(F)(F)F)cc12. The van der Waals surface area contributed by atoms with Crippen LogP contribution in [0.25, 0.3) is 10.9 Å². The molecule has 0 unspecified atom stereocenters. The number of carbonyl (C=O) groups is 2. The number of aromatic nitrogens is 1. The zero-order valence-electron chi connectivity index (χ0n) is 13.3. The highest BCUT2D eigenvalue weighted by atomic mass is 35.5. The molecule has 0 bridgehead atoms. The number of esters is 1. The predicted molar refractivity (Wildman–Crippen MR) is 89.5 cm³/mol. The molecule has 0 saturated carbocycles. The van der Waals surface area contributed by atoms with E-state index in [2.05, 4.69) is 4.98 Å². The van der Waals surface area contributed by atoms with E-state index in [-0.39, 0.29) is 27.9 Å². The first-order valence-corrected chi connectivity index (χ1v) is 7.76. The number of benzene rings is 2. The van der Waals surface area contributed by atoms with Gasteiger partial charge in [-0.05, 0) is 42.5 Å². The number of alkyl halides is 3. The van der Waals surface area contributed by atoms with Gasteiger partial charge in [0.1, 0.15) is 5.69 Å². The average molecular weight is 382 g/mol. The summed E-state index contributed by atoms with van der Waals surface area (Å²) in [5, 5.41) is 0.417. The van der Waals surface area contributed by atoms with Crippen LogP contribution >= 0.6 is 11.6 Å². The van der Waals surface area contributed by atoms with Gasteiger partial charge in [0.15, 0.2) is 5.75 Å². The van der Waals surface area contributed by atoms with E-state index in [1.807, 2.05) is 0 Å². The minimum atomic E-state index is -4.57. The monoisotopic (exact) mass is 381 g/mol. The van der Waals surface area contributed by atoms with Crippen molar-refractivity contribution in [2.24, 2.45) is 0 Å². The first kappa shape index (κ1) is 18.0. The summed E-state index contributed by atoms with van der Waals surface area (Å²) in [5.41, 5.74) is -0.545. The Labute approximate surface area is 150 Å². The van der Waals surface area contributed by atoms with Crippen LogP contribution in [0.3, 0.4) is 0 Å². The second kappa shape index (κ2) is 6.49. The summed E-state index contributed by atoms with van der Waals surface area (Å²) in [7, 11) is 0. The molecule has 0 aliphatic carbocycles. The van der Waals surface area contributed by atoms with Crippen molar-refractivity contribution in [3.63, 3.8) is 0 Å². The third-order valence-electron chi connectivity index (χ3n) is 3.66. The predicted octanol–water partition coefficient (Wildman–Crippen LogP) is 5.00. The Balaban J connectivity index is 2.19. The second-order valence-electron chi connectivity index (χ2n) is 5.52. The van der Waals surface area contributed by atoms with E-state index >= 15 is 0 Å². The van der Waals surface area contributed by atoms with Gasteiger partial charge in [-0.1, -0.05) is 11.6 Å². The maximum atomic E-state index is 13.0. The Morgan fingerprint density at radius 2 is 1.73 bits per heavy atom. The Bertz CT molecular complexity index is 1010. The van der Waals surface area contributed by atoms with Crippen LogP contribution in [0.5, 0.6) is 5.75 Å². The van der Waals surface area contributed by atoms with Crippen LogP contribution in [0, 0.1) is 0 Å². The molecule has 26 heavy (non-hydrogen) atoms. The van der Waals surface area contributed by atoms with Crippen LogP contribution < -0.4 is 4.74 Å². The Kier molecular flexibility index (Phi) is 4.50. The third kappa shape index (κ3) is 3.43. The van der Waals surface area contributed by atoms with Gasteiger partial charge in [-0.15, -0.1) is 0 Å². The number of hydrogen-bond donors (Lipinski definition) is 1. The van der Waals surface area contributed by atoms with Crippen LogP contribution in [0.1, 0.15) is 28.5 Å². The van der Waals surface area contributed by atoms with Crippen molar-refractivity contribution in [1.29, 1.82) is 0 Å². The Morgan fingerprint density at radius 1 is 1.08 bits per heavy atom. The van der Waals surface area contributed by atoms with Crippen molar-refractivity contribution in [2.45, 2.75) is 13.1 Å². The number of ether oxygens (including phenoxy) is 1. The van der Waals surface area contributed by atoms with E-state index in [4.69, 9.17) is 16.3 Å². The highest BCUT2D eigenvalue weighted by Crippen LogP contribution is 2.37. The van der Waals surface area contributed by atoms with Crippen molar-refractivity contribution in [3.8, 4) is 5.75 Å². The molecule has 3 rings (SSSR count). The van der Waals surface area contributed by atoms with Gasteiger partial charge in [-0.25, -0.2) is 0 Å². The summed E-state index contributed by atoms with van der Waals surface area (Å²) < 4.78 is 44.0. The maximum absolute atomic E-state index is 13.0. The number of halogens is 4. The lowest BCUT2D eigenvalue weighted by Gasteiger charge is -2.07. The van der Waals surface area contributed by atoms with E-state index in [0.717, 1.165) is 19.1 Å². The highest BCUT2D eigenvalue weighted by Gasteiger charge is 2.32. The molecule has 0 amide bonds. The standard InChI is InChI=1S/C18H11ClF3NO3/c1-9(24)26-17-13-8-11(18(20,21)22)4-7-14(13)23-15(17)16(25)10-2-5-12(19)6-3-10/h2-8,23H,1H3. The number of fused-ring (bicyclic) bond motifs is 1. The van der Waals surface area contributed by atoms with E-state index in [1.54, 1.807) is 0 Å². The molecule has 0 radical (unpaired) electrons. The molecule has 0 fully saturated rings. The van der Waals surface area contributed by atoms with Gasteiger partial charge in [0, 0.05) is 28.4 Å². The average Bonchev–Trinajstić information content (AvgIpc) is 2.91. The molecule has 8 heteroatoms. The van der Waals surface area contributed by atoms with E-state index < -0.39 is 23.5 Å². The van der Waals surface area contributed by atoms with Gasteiger partial charge in [0.2, 0.25) is 5.78 Å². The molecule has 2 aromatic carbocycles. The molecule has 3 aromatic rings. The van der Waals surface area contributed by atoms with Gasteiger partial charge in [0.05, 0.1) is 5.56 Å². The summed E-state index contributed by atoms with van der Waals surface area (Å²) in [6, 6.07) is 8.85. The summed E-state index contributed by atoms with van der Waals surface area (Å²) in [6.45, 7) is 1.10. The lowest BCUT2D eigenvalue weighted by atomic mass is 10.1. The minimum absolute atomic E-state index is 0.00709. The molecule has 1 N–H and O–H groups in total. The van der Waals surface area contributed by atoms with Crippen LogP contribution in [0.15, 0.2) is 42.5 Å². The molecule has 1 heterocycles. The van der Waals surface area contributed by atoms with Crippen molar-refractivity contribution >= 4 is 34.3 Å². The van der Waals surface area contributed by atoms with Crippen LogP contribution in [0.4, 0.5) is 13.2 Å². The van der Waals surface area contributed by atoms with Crippen molar-refractivity contribution in [1.82, 2.24) is 4.98 Å². The summed E-state index contributed by atoms with van der Waals surface area (Å²) in [4.78, 5) is 26.9. The first-order chi connectivity index (χ1) is 12.2. The molecule has 0 atom stereocenters. The van der Waals surface area contributed by atoms with Crippen LogP contribution in [-0.2, 0) is 11.0 Å². The summed E-state index contributed by atoms with van der Waals surface area (Å²) in [5.74, 6) is -1.53. The molecular weight excluding hydrogens is 371 g/mol. The fourth-order valence-electron chi connectivity index (χ4n) is 2.50. The zero-order valence-corrected chi connectivity index (χ0v) is 14.0. The highest BCUT2D eigenvalue weighted by molar-refractivity contribution is 6.30. The van der Waals surface area contributed by atoms with E-state index in [9.17, 15) is 22.8 Å². The topological polar surface area (TPSA) is 59.2 Å². The van der Waals surface area contributed by atoms with Gasteiger partial charge >= 0.3 is 12.1 Å². The zero-order chi connectivity index (χ0) is 19.1. The normalized spacial score (nSPS) is 11.6. The molecule has 0 spiro atoms. The van der Waals surface area contributed by atoms with Crippen LogP contribution in [-0.4, -0.2) is 16.7 Å². The number of H-pyrrole nitrogens is 1. The molecule has 1 aromatic heterocycles. The van der Waals surface area contributed by atoms with Gasteiger partial charge in [-0.3, -0.25) is 9.59 Å². The molecule has 0 aliphatic rings. The Morgan fingerprint density at radius 3 is 2.31 bits per heavy atom. The molecule has 134 valence electrons. The molecular formula is C18H11ClF3NO3. The lowest BCUT2D eigenvalue weighted by Crippen LogP contribution is -2.08. The number of ketones is 1. The third-order valence-corrected chi connectivity index (χ3v) is 3.91. The number of rotatable bonds is 3. The molecule has 0 aliphatic heterocycles. The maximum Gasteiger partial charge on any atom is 0.416 e. The van der Waals surface area contributed by atoms with Crippen molar-refractivity contribution in [2.75, 3.05) is 0 Å². The van der Waals surface area contributed by atoms with Gasteiger partial charge < -0.3 is 9.72 Å². The number of carbonyl (C=O) groups excluding carboxylic acids is 2. The quantitative estimate of drug-likeness (QED) is 0.513. The van der Waals surface area contributed by atoms with Crippen molar-refractivity contribution in [3.05, 3.63) is 64.3 Å². The summed E-state index contributed by atoms with van der Waals surface area (Å²) >= 11 is 5.79. The van der Waals surface area contributed by atoms with E-state index in [0.29, 0.717) is 5.02 Å². The minimum Gasteiger partial charge on any atom is -0.424 e. The fraction of sp³-hybridized carbons (Fsp3) is 0.111. The summed E-state index contributed by atoms with van der Waals surface area (Å²) in [6.07, 6.45) is -4.57. The largest absolute Gasteiger partial charge is 0.424 e. The second-order valence-corrected chi connectivity index (χ2v) is 5.95. The van der Waals surface area contributed by atoms with Gasteiger partial charge in [0.25, 0.3) is 0 Å². The number of aromatic amines is 1. The smallest absolute Gasteiger partial charge is 0.416 e. The molecule has 0 saturated heterocycles. The number of hydrogen-bond acceptors (Lipinski definition) is 3. The first-order valence-electron chi connectivity index (χ1n) is 7.38. The lowest BCUT2D eigenvalue weighted by molar-refractivity contribution is -0.137. The fourth-order valence-corrected chi connectivity index (χ4v) is 2.62. The van der Waals surface area contributed by atoms with Crippen molar-refractivity contribution < 1.29 is 27.5 Å². The molecule has 4 nitrogen and oxygen atoms in total. The number of nitrogens with one attached hydrogen (secondary N) is 1. The van der Waals surface area contributed by atoms with E-state index in [1.165, 1.54) is 30.3 Å². The Hall–Kier alpha value is -2.80. The van der Waals surface area contributed by atoms with Gasteiger partial charge in [-0.2, -0.15) is 13.2 Å². The van der Waals surface area contributed by atoms with Crippen LogP contribution in [0.2, 0.25) is 5.02 Å².